The number of carbonyl (C=O) groups excluding carboxylic acids is 2. The van der Waals surface area contributed by atoms with Crippen LogP contribution in [0.2, 0.25) is 0 Å². The van der Waals surface area contributed by atoms with E-state index in [0.717, 1.165) is 12.1 Å². The Morgan fingerprint density at radius 1 is 1.09 bits per heavy atom. The monoisotopic (exact) mass is 471 g/mol. The van der Waals surface area contributed by atoms with Crippen molar-refractivity contribution in [3.8, 4) is 5.69 Å². The molecule has 11 heteroatoms. The highest BCUT2D eigenvalue weighted by atomic mass is 19.4. The topological polar surface area (TPSA) is 91.4 Å². The number of hydrogen-bond donors (Lipinski definition) is 0. The molecule has 3 heterocycles. The fourth-order valence-electron chi connectivity index (χ4n) is 3.89. The molecule has 0 saturated heterocycles. The van der Waals surface area contributed by atoms with Crippen LogP contribution in [0.3, 0.4) is 0 Å². The predicted molar refractivity (Wildman–Crippen MR) is 115 cm³/mol. The van der Waals surface area contributed by atoms with E-state index in [2.05, 4.69) is 15.1 Å². The Morgan fingerprint density at radius 2 is 1.85 bits per heavy atom. The third kappa shape index (κ3) is 4.16. The SMILES string of the molecule is CCc1c(C(=O)OCC(=O)c2cc(C)n(-c3cccc(C(F)(F)F)c3)c2C)cnc2ncnn12. The number of ketones is 1. The molecule has 0 bridgehead atoms. The molecule has 0 aliphatic carbocycles. The van der Waals surface area contributed by atoms with E-state index < -0.39 is 30.1 Å². The first-order chi connectivity index (χ1) is 16.1. The van der Waals surface area contributed by atoms with Gasteiger partial charge in [0, 0.05) is 28.8 Å². The van der Waals surface area contributed by atoms with Crippen molar-refractivity contribution in [2.45, 2.75) is 33.4 Å². The number of nitrogens with zero attached hydrogens (tertiary/aromatic N) is 5. The van der Waals surface area contributed by atoms with E-state index in [-0.39, 0.29) is 16.8 Å². The molecule has 8 nitrogen and oxygen atoms in total. The standard InChI is InChI=1S/C23H20F3N5O3/c1-4-19-18(10-27-22-28-12-29-31(19)22)21(33)34-11-20(32)17-8-13(2)30(14(17)3)16-7-5-6-15(9-16)23(24,25)26/h5-10,12H,4,11H2,1-3H3. The molecule has 176 valence electrons. The van der Waals surface area contributed by atoms with E-state index >= 15 is 0 Å². The number of halogens is 3. The number of Topliss-reactive ketones (excluding diaryl/α,β-unsaturated/α-hetero) is 1. The summed E-state index contributed by atoms with van der Waals surface area (Å²) in [5, 5.41) is 4.04. The lowest BCUT2D eigenvalue weighted by Gasteiger charge is -2.13. The molecular formula is C23H20F3N5O3. The lowest BCUT2D eigenvalue weighted by atomic mass is 10.1. The van der Waals surface area contributed by atoms with Gasteiger partial charge in [-0.1, -0.05) is 13.0 Å². The summed E-state index contributed by atoms with van der Waals surface area (Å²) in [6.07, 6.45) is -1.38. The van der Waals surface area contributed by atoms with Gasteiger partial charge in [-0.2, -0.15) is 23.3 Å². The summed E-state index contributed by atoms with van der Waals surface area (Å²) in [6, 6.07) is 6.41. The molecule has 0 unspecified atom stereocenters. The van der Waals surface area contributed by atoms with Crippen molar-refractivity contribution in [3.05, 3.63) is 76.6 Å². The second-order valence-corrected chi connectivity index (χ2v) is 7.61. The third-order valence-corrected chi connectivity index (χ3v) is 5.46. The second-order valence-electron chi connectivity index (χ2n) is 7.61. The van der Waals surface area contributed by atoms with Gasteiger partial charge in [0.15, 0.2) is 6.61 Å². The Balaban J connectivity index is 1.56. The summed E-state index contributed by atoms with van der Waals surface area (Å²) < 4.78 is 47.6. The number of carbonyl (C=O) groups is 2. The lowest BCUT2D eigenvalue weighted by molar-refractivity contribution is -0.137. The zero-order chi connectivity index (χ0) is 24.6. The van der Waals surface area contributed by atoms with Gasteiger partial charge in [-0.25, -0.2) is 14.3 Å². The summed E-state index contributed by atoms with van der Waals surface area (Å²) in [7, 11) is 0. The molecule has 4 rings (SSSR count). The van der Waals surface area contributed by atoms with Crippen molar-refractivity contribution in [2.24, 2.45) is 0 Å². The number of aromatic nitrogens is 5. The third-order valence-electron chi connectivity index (χ3n) is 5.46. The van der Waals surface area contributed by atoms with Crippen molar-refractivity contribution in [3.63, 3.8) is 0 Å². The number of rotatable bonds is 6. The van der Waals surface area contributed by atoms with Crippen LogP contribution in [0.15, 0.2) is 42.9 Å². The molecule has 0 saturated carbocycles. The molecule has 0 N–H and O–H groups in total. The number of benzene rings is 1. The maximum atomic E-state index is 13.1. The first kappa shape index (κ1) is 23.1. The largest absolute Gasteiger partial charge is 0.454 e. The molecule has 0 atom stereocenters. The van der Waals surface area contributed by atoms with E-state index in [9.17, 15) is 22.8 Å². The van der Waals surface area contributed by atoms with Crippen LogP contribution >= 0.6 is 0 Å². The van der Waals surface area contributed by atoms with E-state index in [1.54, 1.807) is 24.5 Å². The molecular weight excluding hydrogens is 451 g/mol. The smallest absolute Gasteiger partial charge is 0.416 e. The molecule has 34 heavy (non-hydrogen) atoms. The maximum Gasteiger partial charge on any atom is 0.416 e. The number of esters is 1. The van der Waals surface area contributed by atoms with Crippen LogP contribution in [0.1, 0.15) is 50.3 Å². The van der Waals surface area contributed by atoms with Gasteiger partial charge in [0.2, 0.25) is 5.78 Å². The lowest BCUT2D eigenvalue weighted by Crippen LogP contribution is -2.18. The van der Waals surface area contributed by atoms with Crippen LogP contribution in [0, 0.1) is 13.8 Å². The van der Waals surface area contributed by atoms with Crippen LogP contribution in [0.4, 0.5) is 13.2 Å². The molecule has 4 aromatic rings. The van der Waals surface area contributed by atoms with Gasteiger partial charge in [-0.15, -0.1) is 0 Å². The summed E-state index contributed by atoms with van der Waals surface area (Å²) in [6.45, 7) is 4.61. The minimum Gasteiger partial charge on any atom is -0.454 e. The van der Waals surface area contributed by atoms with E-state index in [1.807, 2.05) is 6.92 Å². The number of aryl methyl sites for hydroxylation is 2. The van der Waals surface area contributed by atoms with Gasteiger partial charge in [0.05, 0.1) is 16.8 Å². The zero-order valence-electron chi connectivity index (χ0n) is 18.6. The molecule has 0 fully saturated rings. The molecule has 0 aliphatic rings. The molecule has 1 aromatic carbocycles. The molecule has 0 radical (unpaired) electrons. The minimum atomic E-state index is -4.49. The Hall–Kier alpha value is -4.02. The normalized spacial score (nSPS) is 11.7. The first-order valence-electron chi connectivity index (χ1n) is 10.4. The van der Waals surface area contributed by atoms with Crippen LogP contribution in [-0.4, -0.2) is 42.5 Å². The highest BCUT2D eigenvalue weighted by Crippen LogP contribution is 2.31. The van der Waals surface area contributed by atoms with E-state index in [1.165, 1.54) is 29.2 Å². The quantitative estimate of drug-likeness (QED) is 0.310. The molecule has 0 amide bonds. The summed E-state index contributed by atoms with van der Waals surface area (Å²) in [4.78, 5) is 33.5. The van der Waals surface area contributed by atoms with Crippen LogP contribution < -0.4 is 0 Å². The fraction of sp³-hybridized carbons (Fsp3) is 0.261. The van der Waals surface area contributed by atoms with E-state index in [0.29, 0.717) is 29.3 Å². The number of ether oxygens (including phenoxy) is 1. The summed E-state index contributed by atoms with van der Waals surface area (Å²) in [5.41, 5.74) is 1.47. The van der Waals surface area contributed by atoms with Crippen LogP contribution in [0.5, 0.6) is 0 Å². The van der Waals surface area contributed by atoms with Gasteiger partial charge >= 0.3 is 12.1 Å². The average molecular weight is 471 g/mol. The first-order valence-corrected chi connectivity index (χ1v) is 10.4. The average Bonchev–Trinajstić information content (AvgIpc) is 3.39. The summed E-state index contributed by atoms with van der Waals surface area (Å²) in [5.74, 6) is -0.874. The second kappa shape index (κ2) is 8.73. The van der Waals surface area contributed by atoms with Crippen LogP contribution in [-0.2, 0) is 17.3 Å². The molecule has 0 spiro atoms. The van der Waals surface area contributed by atoms with Crippen molar-refractivity contribution in [1.29, 1.82) is 0 Å². The maximum absolute atomic E-state index is 13.1. The van der Waals surface area contributed by atoms with Gasteiger partial charge in [-0.05, 0) is 44.5 Å². The molecule has 0 aliphatic heterocycles. The fourth-order valence-corrected chi connectivity index (χ4v) is 3.89. The number of fused-ring (bicyclic) bond motifs is 1. The highest BCUT2D eigenvalue weighted by Gasteiger charge is 2.31. The van der Waals surface area contributed by atoms with Crippen molar-refractivity contribution >= 4 is 17.5 Å². The minimum absolute atomic E-state index is 0.169. The van der Waals surface area contributed by atoms with Gasteiger partial charge in [0.1, 0.15) is 6.33 Å². The highest BCUT2D eigenvalue weighted by molar-refractivity contribution is 6.00. The zero-order valence-corrected chi connectivity index (χ0v) is 18.6. The van der Waals surface area contributed by atoms with Gasteiger partial charge in [-0.3, -0.25) is 4.79 Å². The van der Waals surface area contributed by atoms with Crippen molar-refractivity contribution in [2.75, 3.05) is 6.61 Å². The Labute approximate surface area is 192 Å². The number of hydrogen-bond acceptors (Lipinski definition) is 6. The summed E-state index contributed by atoms with van der Waals surface area (Å²) >= 11 is 0. The van der Waals surface area contributed by atoms with Crippen molar-refractivity contribution in [1.82, 2.24) is 24.1 Å². The van der Waals surface area contributed by atoms with Gasteiger partial charge in [0.25, 0.3) is 5.78 Å². The predicted octanol–water partition coefficient (Wildman–Crippen LogP) is 4.15. The Morgan fingerprint density at radius 3 is 2.56 bits per heavy atom. The Kier molecular flexibility index (Phi) is 5.94. The van der Waals surface area contributed by atoms with Crippen LogP contribution in [0.25, 0.3) is 11.5 Å². The van der Waals surface area contributed by atoms with Gasteiger partial charge < -0.3 is 9.30 Å². The Bertz CT molecular complexity index is 1400. The van der Waals surface area contributed by atoms with Crippen molar-refractivity contribution < 1.29 is 27.5 Å². The van der Waals surface area contributed by atoms with E-state index in [4.69, 9.17) is 4.74 Å². The number of alkyl halides is 3. The molecule has 3 aromatic heterocycles.